The molecule has 2 atom stereocenters. The summed E-state index contributed by atoms with van der Waals surface area (Å²) >= 11 is 6.55. The van der Waals surface area contributed by atoms with Gasteiger partial charge in [0.05, 0.1) is 23.7 Å². The molecule has 1 aliphatic rings. The van der Waals surface area contributed by atoms with E-state index in [4.69, 9.17) is 26.1 Å². The lowest BCUT2D eigenvalue weighted by Crippen LogP contribution is -2.50. The van der Waals surface area contributed by atoms with Gasteiger partial charge in [-0.3, -0.25) is 14.5 Å². The number of anilines is 1. The second-order valence-corrected chi connectivity index (χ2v) is 7.71. The van der Waals surface area contributed by atoms with Crippen LogP contribution in [0.2, 0.25) is 5.02 Å². The quantitative estimate of drug-likeness (QED) is 0.316. The number of carbonyl (C=O) groups is 2. The summed E-state index contributed by atoms with van der Waals surface area (Å²) in [7, 11) is 1.61. The third-order valence-corrected chi connectivity index (χ3v) is 5.78. The summed E-state index contributed by atoms with van der Waals surface area (Å²) in [6.07, 6.45) is 0.609. The molecular formula is C23H24ClN3O4. The van der Waals surface area contributed by atoms with Crippen molar-refractivity contribution < 1.29 is 19.1 Å². The number of imidazole rings is 1. The van der Waals surface area contributed by atoms with Crippen molar-refractivity contribution in [3.8, 4) is 0 Å². The predicted octanol–water partition coefficient (Wildman–Crippen LogP) is 3.84. The van der Waals surface area contributed by atoms with Gasteiger partial charge in [-0.05, 0) is 37.1 Å². The van der Waals surface area contributed by atoms with Gasteiger partial charge in [0.15, 0.2) is 5.92 Å². The van der Waals surface area contributed by atoms with Gasteiger partial charge in [-0.15, -0.1) is 0 Å². The Morgan fingerprint density at radius 1 is 1.16 bits per heavy atom. The molecule has 0 radical (unpaired) electrons. The van der Waals surface area contributed by atoms with E-state index in [-0.39, 0.29) is 12.5 Å². The number of hydrogen-bond donors (Lipinski definition) is 0. The van der Waals surface area contributed by atoms with E-state index in [0.717, 1.165) is 11.0 Å². The summed E-state index contributed by atoms with van der Waals surface area (Å²) < 4.78 is 12.4. The molecule has 1 amide bonds. The Morgan fingerprint density at radius 3 is 2.65 bits per heavy atom. The molecule has 0 unspecified atom stereocenters. The maximum Gasteiger partial charge on any atom is 0.321 e. The Morgan fingerprint density at radius 2 is 1.90 bits per heavy atom. The number of aromatic nitrogens is 2. The van der Waals surface area contributed by atoms with Crippen LogP contribution in [0.25, 0.3) is 11.0 Å². The summed E-state index contributed by atoms with van der Waals surface area (Å²) in [5, 5.41) is 0.478. The standard InChI is InChI=1S/C23H24ClN3O4/c1-3-31-22(29)19-20(15-9-4-5-10-16(15)24)27-18-12-7-6-11-17(18)25-23(27)26(21(19)28)13-8-14-30-2/h4-7,9-12,19-20H,3,8,13-14H2,1-2H3/t19-,20-/m0/s1. The van der Waals surface area contributed by atoms with Crippen LogP contribution in [-0.2, 0) is 19.1 Å². The fourth-order valence-corrected chi connectivity index (χ4v) is 4.37. The number of carbonyl (C=O) groups excluding carboxylic acids is 2. The minimum Gasteiger partial charge on any atom is -0.465 e. The number of rotatable bonds is 7. The summed E-state index contributed by atoms with van der Waals surface area (Å²) in [5.41, 5.74) is 2.24. The summed E-state index contributed by atoms with van der Waals surface area (Å²) in [5.74, 6) is -1.50. The van der Waals surface area contributed by atoms with Crippen molar-refractivity contribution in [2.45, 2.75) is 19.4 Å². The normalized spacial score (nSPS) is 18.3. The molecule has 0 saturated carbocycles. The Hall–Kier alpha value is -2.90. The number of para-hydroxylation sites is 2. The lowest BCUT2D eigenvalue weighted by molar-refractivity contribution is -0.153. The van der Waals surface area contributed by atoms with Crippen molar-refractivity contribution >= 4 is 40.5 Å². The van der Waals surface area contributed by atoms with Crippen LogP contribution in [0.4, 0.5) is 5.95 Å². The number of fused-ring (bicyclic) bond motifs is 3. The topological polar surface area (TPSA) is 73.7 Å². The first kappa shape index (κ1) is 21.3. The fourth-order valence-electron chi connectivity index (χ4n) is 4.12. The number of ether oxygens (including phenoxy) is 2. The predicted molar refractivity (Wildman–Crippen MR) is 118 cm³/mol. The maximum atomic E-state index is 13.7. The van der Waals surface area contributed by atoms with E-state index in [0.29, 0.717) is 36.1 Å². The molecule has 162 valence electrons. The summed E-state index contributed by atoms with van der Waals surface area (Å²) in [4.78, 5) is 33.0. The minimum atomic E-state index is -1.08. The maximum absolute atomic E-state index is 13.7. The highest BCUT2D eigenvalue weighted by atomic mass is 35.5. The second kappa shape index (κ2) is 9.08. The second-order valence-electron chi connectivity index (χ2n) is 7.30. The molecule has 0 saturated heterocycles. The highest BCUT2D eigenvalue weighted by Crippen LogP contribution is 2.43. The van der Waals surface area contributed by atoms with E-state index in [1.807, 2.05) is 47.0 Å². The average Bonchev–Trinajstić information content (AvgIpc) is 3.14. The lowest BCUT2D eigenvalue weighted by atomic mass is 9.89. The van der Waals surface area contributed by atoms with E-state index in [2.05, 4.69) is 0 Å². The first-order valence-electron chi connectivity index (χ1n) is 10.3. The van der Waals surface area contributed by atoms with E-state index >= 15 is 0 Å². The molecule has 31 heavy (non-hydrogen) atoms. The monoisotopic (exact) mass is 441 g/mol. The molecule has 1 aromatic heterocycles. The first-order chi connectivity index (χ1) is 15.1. The van der Waals surface area contributed by atoms with Gasteiger partial charge in [-0.2, -0.15) is 0 Å². The van der Waals surface area contributed by atoms with Gasteiger partial charge in [-0.25, -0.2) is 4.98 Å². The largest absolute Gasteiger partial charge is 0.465 e. The highest BCUT2D eigenvalue weighted by Gasteiger charge is 2.48. The van der Waals surface area contributed by atoms with Gasteiger partial charge in [0, 0.05) is 25.3 Å². The Bertz CT molecular complexity index is 1110. The van der Waals surface area contributed by atoms with Crippen LogP contribution in [0, 0.1) is 5.92 Å². The van der Waals surface area contributed by atoms with Crippen molar-refractivity contribution in [3.63, 3.8) is 0 Å². The Kier molecular flexibility index (Phi) is 6.25. The highest BCUT2D eigenvalue weighted by molar-refractivity contribution is 6.31. The van der Waals surface area contributed by atoms with E-state index in [1.165, 1.54) is 0 Å². The summed E-state index contributed by atoms with van der Waals surface area (Å²) in [6.45, 7) is 2.77. The third-order valence-electron chi connectivity index (χ3n) is 5.44. The van der Waals surface area contributed by atoms with Crippen LogP contribution in [0.3, 0.4) is 0 Å². The number of methoxy groups -OCH3 is 1. The molecule has 0 N–H and O–H groups in total. The van der Waals surface area contributed by atoms with Gasteiger partial charge in [0.25, 0.3) is 0 Å². The number of halogens is 1. The van der Waals surface area contributed by atoms with Gasteiger partial charge in [-0.1, -0.05) is 41.9 Å². The third kappa shape index (κ3) is 3.79. The lowest BCUT2D eigenvalue weighted by Gasteiger charge is -2.38. The zero-order chi connectivity index (χ0) is 22.0. The number of esters is 1. The van der Waals surface area contributed by atoms with Crippen molar-refractivity contribution in [1.82, 2.24) is 9.55 Å². The number of nitrogens with zero attached hydrogens (tertiary/aromatic N) is 3. The Labute approximate surface area is 185 Å². The molecule has 0 spiro atoms. The van der Waals surface area contributed by atoms with Crippen molar-refractivity contribution in [2.24, 2.45) is 5.92 Å². The molecule has 0 fully saturated rings. The van der Waals surface area contributed by atoms with Gasteiger partial charge in [0.2, 0.25) is 11.9 Å². The van der Waals surface area contributed by atoms with Crippen LogP contribution in [0.1, 0.15) is 24.9 Å². The van der Waals surface area contributed by atoms with E-state index in [1.54, 1.807) is 25.0 Å². The van der Waals surface area contributed by atoms with Crippen LogP contribution >= 0.6 is 11.6 Å². The number of benzene rings is 2. The molecule has 7 nitrogen and oxygen atoms in total. The molecule has 2 heterocycles. The van der Waals surface area contributed by atoms with E-state index in [9.17, 15) is 9.59 Å². The van der Waals surface area contributed by atoms with Gasteiger partial charge in [0.1, 0.15) is 0 Å². The molecule has 3 aromatic rings. The van der Waals surface area contributed by atoms with Crippen LogP contribution in [0.15, 0.2) is 48.5 Å². The zero-order valence-corrected chi connectivity index (χ0v) is 18.2. The molecular weight excluding hydrogens is 418 g/mol. The molecule has 0 bridgehead atoms. The van der Waals surface area contributed by atoms with Crippen LogP contribution in [0.5, 0.6) is 0 Å². The fraction of sp³-hybridized carbons (Fsp3) is 0.348. The van der Waals surface area contributed by atoms with Crippen LogP contribution < -0.4 is 4.90 Å². The van der Waals surface area contributed by atoms with Gasteiger partial charge >= 0.3 is 5.97 Å². The van der Waals surface area contributed by atoms with Gasteiger partial charge < -0.3 is 14.0 Å². The number of amides is 1. The van der Waals surface area contributed by atoms with Crippen LogP contribution in [-0.4, -0.2) is 48.3 Å². The molecule has 8 heteroatoms. The minimum absolute atomic E-state index is 0.180. The van der Waals surface area contributed by atoms with E-state index < -0.39 is 17.9 Å². The van der Waals surface area contributed by atoms with Crippen molar-refractivity contribution in [2.75, 3.05) is 31.8 Å². The van der Waals surface area contributed by atoms with Crippen molar-refractivity contribution in [3.05, 3.63) is 59.1 Å². The SMILES string of the molecule is CCOC(=O)[C@@H]1C(=O)N(CCCOC)c2nc3ccccc3n2[C@H]1c1ccccc1Cl. The Balaban J connectivity index is 1.96. The summed E-state index contributed by atoms with van der Waals surface area (Å²) in [6, 6.07) is 14.2. The average molecular weight is 442 g/mol. The number of hydrogen-bond acceptors (Lipinski definition) is 5. The molecule has 4 rings (SSSR count). The first-order valence-corrected chi connectivity index (χ1v) is 10.6. The van der Waals surface area contributed by atoms with Crippen molar-refractivity contribution in [1.29, 1.82) is 0 Å². The zero-order valence-electron chi connectivity index (χ0n) is 17.5. The smallest absolute Gasteiger partial charge is 0.321 e. The molecule has 0 aliphatic carbocycles. The molecule has 2 aromatic carbocycles. The molecule has 1 aliphatic heterocycles.